The summed E-state index contributed by atoms with van der Waals surface area (Å²) in [5, 5.41) is 6.49. The highest BCUT2D eigenvalue weighted by Gasteiger charge is 2.54. The van der Waals surface area contributed by atoms with Crippen LogP contribution in [-0.4, -0.2) is 51.0 Å². The molecule has 132 valence electrons. The molecular weight excluding hydrogens is 310 g/mol. The first-order valence-corrected chi connectivity index (χ1v) is 9.58. The van der Waals surface area contributed by atoms with Gasteiger partial charge in [0, 0.05) is 16.8 Å². The van der Waals surface area contributed by atoms with Gasteiger partial charge in [0.2, 0.25) is 11.8 Å². The van der Waals surface area contributed by atoms with Gasteiger partial charge < -0.3 is 15.5 Å². The van der Waals surface area contributed by atoms with Crippen LogP contribution in [0.15, 0.2) is 0 Å². The molecule has 23 heavy (non-hydrogen) atoms. The van der Waals surface area contributed by atoms with Gasteiger partial charge in [0.15, 0.2) is 0 Å². The van der Waals surface area contributed by atoms with E-state index in [-0.39, 0.29) is 40.1 Å². The highest BCUT2D eigenvalue weighted by atomic mass is 32.2. The van der Waals surface area contributed by atoms with E-state index < -0.39 is 6.04 Å². The topological polar surface area (TPSA) is 61.4 Å². The van der Waals surface area contributed by atoms with Gasteiger partial charge in [0.05, 0.1) is 11.4 Å². The fraction of sp³-hybridized carbons (Fsp3) is 0.882. The normalized spacial score (nSPS) is 30.5. The highest BCUT2D eigenvalue weighted by Crippen LogP contribution is 2.47. The number of hydrogen-bond donors (Lipinski definition) is 2. The second kappa shape index (κ2) is 7.01. The van der Waals surface area contributed by atoms with E-state index in [1.54, 1.807) is 11.8 Å². The summed E-state index contributed by atoms with van der Waals surface area (Å²) in [6.07, 6.45) is 2.82. The van der Waals surface area contributed by atoms with Crippen LogP contribution in [0.3, 0.4) is 0 Å². The maximum absolute atomic E-state index is 13.1. The number of hydrogen-bond acceptors (Lipinski definition) is 4. The Hall–Kier alpha value is -0.750. The Labute approximate surface area is 144 Å². The predicted molar refractivity (Wildman–Crippen MR) is 95.3 cm³/mol. The first kappa shape index (κ1) is 18.6. The Morgan fingerprint density at radius 3 is 2.43 bits per heavy atom. The van der Waals surface area contributed by atoms with Crippen LogP contribution in [0, 0.1) is 0 Å². The Morgan fingerprint density at radius 2 is 1.87 bits per heavy atom. The van der Waals surface area contributed by atoms with E-state index >= 15 is 0 Å². The molecule has 6 heteroatoms. The molecule has 0 bridgehead atoms. The standard InChI is InChI=1S/C17H31N3O2S/c1-10(2)18-12-8-7-9-13-20(16(12)22)14(17(5,6)23-13)15(21)19-11(3)4/h10-14,18H,7-9H2,1-6H3,(H,19,21)/t12-,13+,14+/m0/s1. The summed E-state index contributed by atoms with van der Waals surface area (Å²) in [5.41, 5.74) is 0. The largest absolute Gasteiger partial charge is 0.352 e. The van der Waals surface area contributed by atoms with Crippen LogP contribution in [0.2, 0.25) is 0 Å². The van der Waals surface area contributed by atoms with E-state index in [0.29, 0.717) is 0 Å². The number of nitrogens with one attached hydrogen (secondary N) is 2. The van der Waals surface area contributed by atoms with Gasteiger partial charge in [-0.05, 0) is 47.0 Å². The van der Waals surface area contributed by atoms with Crippen molar-refractivity contribution in [3.8, 4) is 0 Å². The summed E-state index contributed by atoms with van der Waals surface area (Å²) < 4.78 is -0.265. The number of rotatable bonds is 4. The molecule has 0 saturated carbocycles. The Kier molecular flexibility index (Phi) is 5.67. The Morgan fingerprint density at radius 1 is 1.22 bits per heavy atom. The van der Waals surface area contributed by atoms with Crippen molar-refractivity contribution in [1.82, 2.24) is 15.5 Å². The van der Waals surface area contributed by atoms with Crippen molar-refractivity contribution in [3.63, 3.8) is 0 Å². The van der Waals surface area contributed by atoms with E-state index in [1.165, 1.54) is 0 Å². The number of carbonyl (C=O) groups excluding carboxylic acids is 2. The van der Waals surface area contributed by atoms with Crippen LogP contribution < -0.4 is 10.6 Å². The number of carbonyl (C=O) groups is 2. The molecule has 2 aliphatic rings. The predicted octanol–water partition coefficient (Wildman–Crippen LogP) is 2.11. The second-order valence-electron chi connectivity index (χ2n) is 7.79. The van der Waals surface area contributed by atoms with Crippen molar-refractivity contribution in [3.05, 3.63) is 0 Å². The van der Waals surface area contributed by atoms with Crippen LogP contribution in [0.5, 0.6) is 0 Å². The molecule has 5 nitrogen and oxygen atoms in total. The fourth-order valence-corrected chi connectivity index (χ4v) is 5.28. The molecule has 0 aromatic rings. The third-order valence-corrected chi connectivity index (χ3v) is 5.96. The molecule has 0 unspecified atom stereocenters. The summed E-state index contributed by atoms with van der Waals surface area (Å²) in [6.45, 7) is 12.2. The highest BCUT2D eigenvalue weighted by molar-refractivity contribution is 8.01. The van der Waals surface area contributed by atoms with Crippen molar-refractivity contribution >= 4 is 23.6 Å². The minimum atomic E-state index is -0.401. The molecule has 2 fully saturated rings. The van der Waals surface area contributed by atoms with Crippen LogP contribution in [0.25, 0.3) is 0 Å². The molecule has 2 N–H and O–H groups in total. The van der Waals surface area contributed by atoms with Gasteiger partial charge in [-0.1, -0.05) is 13.8 Å². The summed E-state index contributed by atoms with van der Waals surface area (Å²) in [7, 11) is 0. The number of fused-ring (bicyclic) bond motifs is 1. The Bertz CT molecular complexity index is 465. The van der Waals surface area contributed by atoms with Crippen molar-refractivity contribution in [2.24, 2.45) is 0 Å². The van der Waals surface area contributed by atoms with Gasteiger partial charge in [-0.3, -0.25) is 9.59 Å². The molecule has 2 aliphatic heterocycles. The van der Waals surface area contributed by atoms with Gasteiger partial charge in [-0.15, -0.1) is 11.8 Å². The molecule has 2 rings (SSSR count). The molecule has 0 radical (unpaired) electrons. The third-order valence-electron chi connectivity index (χ3n) is 4.40. The average molecular weight is 342 g/mol. The molecule has 0 aromatic carbocycles. The average Bonchev–Trinajstić information content (AvgIpc) is 2.58. The quantitative estimate of drug-likeness (QED) is 0.822. The summed E-state index contributed by atoms with van der Waals surface area (Å²) in [4.78, 5) is 27.8. The lowest BCUT2D eigenvalue weighted by Crippen LogP contribution is -2.58. The summed E-state index contributed by atoms with van der Waals surface area (Å²) >= 11 is 1.77. The molecule has 2 saturated heterocycles. The smallest absolute Gasteiger partial charge is 0.244 e. The SMILES string of the molecule is CC(C)NC(=O)[C@H]1N2C(=O)[C@@H](NC(C)C)CCC[C@H]2SC1(C)C. The van der Waals surface area contributed by atoms with Crippen LogP contribution in [0.4, 0.5) is 0 Å². The van der Waals surface area contributed by atoms with E-state index in [4.69, 9.17) is 0 Å². The first-order valence-electron chi connectivity index (χ1n) is 8.70. The lowest BCUT2D eigenvalue weighted by atomic mass is 9.99. The number of amides is 2. The lowest BCUT2D eigenvalue weighted by Gasteiger charge is -2.34. The van der Waals surface area contributed by atoms with E-state index in [1.807, 2.05) is 18.7 Å². The van der Waals surface area contributed by atoms with Gasteiger partial charge in [-0.2, -0.15) is 0 Å². The van der Waals surface area contributed by atoms with E-state index in [2.05, 4.69) is 38.3 Å². The molecular formula is C17H31N3O2S. The van der Waals surface area contributed by atoms with E-state index in [9.17, 15) is 9.59 Å². The number of thioether (sulfide) groups is 1. The molecule has 3 atom stereocenters. The minimum absolute atomic E-state index is 0.0291. The molecule has 0 aliphatic carbocycles. The zero-order chi connectivity index (χ0) is 17.4. The van der Waals surface area contributed by atoms with E-state index in [0.717, 1.165) is 19.3 Å². The maximum atomic E-state index is 13.1. The van der Waals surface area contributed by atoms with Gasteiger partial charge in [0.1, 0.15) is 6.04 Å². The zero-order valence-electron chi connectivity index (χ0n) is 15.2. The monoisotopic (exact) mass is 341 g/mol. The zero-order valence-corrected chi connectivity index (χ0v) is 16.0. The van der Waals surface area contributed by atoms with Crippen molar-refractivity contribution in [2.45, 2.75) is 95.1 Å². The van der Waals surface area contributed by atoms with Crippen molar-refractivity contribution in [2.75, 3.05) is 0 Å². The second-order valence-corrected chi connectivity index (χ2v) is 9.62. The maximum Gasteiger partial charge on any atom is 0.244 e. The fourth-order valence-electron chi connectivity index (χ4n) is 3.60. The Balaban J connectivity index is 2.29. The molecule has 2 amide bonds. The van der Waals surface area contributed by atoms with Crippen molar-refractivity contribution in [1.29, 1.82) is 0 Å². The van der Waals surface area contributed by atoms with Gasteiger partial charge in [0.25, 0.3) is 0 Å². The first-order chi connectivity index (χ1) is 10.6. The van der Waals surface area contributed by atoms with Gasteiger partial charge in [-0.25, -0.2) is 0 Å². The van der Waals surface area contributed by atoms with Crippen LogP contribution in [-0.2, 0) is 9.59 Å². The van der Waals surface area contributed by atoms with Crippen molar-refractivity contribution < 1.29 is 9.59 Å². The van der Waals surface area contributed by atoms with Gasteiger partial charge >= 0.3 is 0 Å². The summed E-state index contributed by atoms with van der Waals surface area (Å²) in [6, 6.07) is -0.244. The van der Waals surface area contributed by atoms with Crippen LogP contribution in [0.1, 0.15) is 60.8 Å². The lowest BCUT2D eigenvalue weighted by molar-refractivity contribution is -0.142. The minimum Gasteiger partial charge on any atom is -0.352 e. The van der Waals surface area contributed by atoms with Crippen LogP contribution >= 0.6 is 11.8 Å². The third kappa shape index (κ3) is 4.02. The summed E-state index contributed by atoms with van der Waals surface area (Å²) in [5.74, 6) is 0.0572. The molecule has 0 aromatic heterocycles. The molecule has 2 heterocycles. The molecule has 0 spiro atoms. The number of nitrogens with zero attached hydrogens (tertiary/aromatic N) is 1.